The largest absolute Gasteiger partial charge is 0.497 e. The summed E-state index contributed by atoms with van der Waals surface area (Å²) >= 11 is 0. The molecule has 0 spiro atoms. The first kappa shape index (κ1) is 20.7. The Kier molecular flexibility index (Phi) is 5.73. The van der Waals surface area contributed by atoms with Gasteiger partial charge in [0, 0.05) is 37.2 Å². The molecule has 2 aromatic rings. The minimum absolute atomic E-state index is 0.00545. The summed E-state index contributed by atoms with van der Waals surface area (Å²) in [6.07, 6.45) is 3.60. The zero-order chi connectivity index (χ0) is 21.3. The van der Waals surface area contributed by atoms with Gasteiger partial charge in [0.2, 0.25) is 5.91 Å². The standard InChI is InChI=1S/C23H31N3O4/c1-4-5-12-30-13-6-10-25-15-20(27)26-11-9-17-18-14-16(29-3)7-8-19(18)24-21(17)23(26,2)22(25)28/h7-8,14,24H,4-6,9-13,15H2,1-3H3/t23-/m1/s1. The Labute approximate surface area is 177 Å². The molecule has 2 aliphatic rings. The molecule has 0 saturated carbocycles. The number of benzene rings is 1. The van der Waals surface area contributed by atoms with Crippen molar-refractivity contribution in [3.8, 4) is 5.75 Å². The molecule has 30 heavy (non-hydrogen) atoms. The van der Waals surface area contributed by atoms with Crippen LogP contribution in [0, 0.1) is 0 Å². The predicted octanol–water partition coefficient (Wildman–Crippen LogP) is 2.83. The highest BCUT2D eigenvalue weighted by molar-refractivity contribution is 6.00. The fourth-order valence-electron chi connectivity index (χ4n) is 4.72. The summed E-state index contributed by atoms with van der Waals surface area (Å²) in [6, 6.07) is 5.88. The van der Waals surface area contributed by atoms with E-state index in [4.69, 9.17) is 9.47 Å². The van der Waals surface area contributed by atoms with Crippen molar-refractivity contribution in [1.29, 1.82) is 0 Å². The number of rotatable bonds is 8. The van der Waals surface area contributed by atoms with E-state index in [0.717, 1.165) is 60.2 Å². The number of aromatic amines is 1. The number of nitrogens with zero attached hydrogens (tertiary/aromatic N) is 2. The Balaban J connectivity index is 1.60. The summed E-state index contributed by atoms with van der Waals surface area (Å²) in [7, 11) is 1.65. The average molecular weight is 414 g/mol. The summed E-state index contributed by atoms with van der Waals surface area (Å²) in [5.41, 5.74) is 1.90. The number of aromatic nitrogens is 1. The molecule has 1 aromatic carbocycles. The summed E-state index contributed by atoms with van der Waals surface area (Å²) in [5, 5.41) is 1.06. The van der Waals surface area contributed by atoms with E-state index in [1.807, 2.05) is 25.1 Å². The van der Waals surface area contributed by atoms with Gasteiger partial charge in [-0.05, 0) is 49.9 Å². The first-order chi connectivity index (χ1) is 14.5. The number of piperazine rings is 1. The summed E-state index contributed by atoms with van der Waals surface area (Å²) in [5.74, 6) is 0.772. The quantitative estimate of drug-likeness (QED) is 0.676. The number of methoxy groups -OCH3 is 1. The predicted molar refractivity (Wildman–Crippen MR) is 115 cm³/mol. The van der Waals surface area contributed by atoms with Crippen LogP contribution < -0.4 is 4.74 Å². The number of hydrogen-bond acceptors (Lipinski definition) is 4. The van der Waals surface area contributed by atoms with Gasteiger partial charge in [0.05, 0.1) is 19.3 Å². The van der Waals surface area contributed by atoms with Gasteiger partial charge in [-0.3, -0.25) is 9.59 Å². The van der Waals surface area contributed by atoms with Gasteiger partial charge in [0.25, 0.3) is 5.91 Å². The minimum Gasteiger partial charge on any atom is -0.497 e. The van der Waals surface area contributed by atoms with Crippen molar-refractivity contribution in [2.24, 2.45) is 0 Å². The number of hydrogen-bond donors (Lipinski definition) is 1. The Morgan fingerprint density at radius 1 is 1.20 bits per heavy atom. The molecule has 1 fully saturated rings. The molecule has 162 valence electrons. The van der Waals surface area contributed by atoms with E-state index in [9.17, 15) is 9.59 Å². The molecule has 1 atom stereocenters. The third-order valence-corrected chi connectivity index (χ3v) is 6.42. The first-order valence-corrected chi connectivity index (χ1v) is 10.9. The highest BCUT2D eigenvalue weighted by atomic mass is 16.5. The molecular weight excluding hydrogens is 382 g/mol. The molecule has 1 saturated heterocycles. The van der Waals surface area contributed by atoms with Crippen LogP contribution in [0.4, 0.5) is 0 Å². The van der Waals surface area contributed by atoms with Crippen molar-refractivity contribution < 1.29 is 19.1 Å². The van der Waals surface area contributed by atoms with E-state index in [2.05, 4.69) is 11.9 Å². The van der Waals surface area contributed by atoms with Crippen molar-refractivity contribution in [3.63, 3.8) is 0 Å². The van der Waals surface area contributed by atoms with Crippen LogP contribution in [0.5, 0.6) is 5.75 Å². The Morgan fingerprint density at radius 3 is 2.77 bits per heavy atom. The van der Waals surface area contributed by atoms with Crippen LogP contribution in [0.1, 0.15) is 44.4 Å². The van der Waals surface area contributed by atoms with Crippen molar-refractivity contribution >= 4 is 22.7 Å². The molecule has 7 heteroatoms. The maximum atomic E-state index is 13.6. The number of amides is 2. The maximum absolute atomic E-state index is 13.6. The molecule has 0 aliphatic carbocycles. The van der Waals surface area contributed by atoms with Gasteiger partial charge < -0.3 is 24.3 Å². The summed E-state index contributed by atoms with van der Waals surface area (Å²) in [6.45, 7) is 6.59. The van der Waals surface area contributed by atoms with Gasteiger partial charge >= 0.3 is 0 Å². The van der Waals surface area contributed by atoms with Crippen LogP contribution in [0.3, 0.4) is 0 Å². The molecule has 0 radical (unpaired) electrons. The number of carbonyl (C=O) groups excluding carboxylic acids is 2. The summed E-state index contributed by atoms with van der Waals surface area (Å²) < 4.78 is 11.0. The van der Waals surface area contributed by atoms with E-state index >= 15 is 0 Å². The van der Waals surface area contributed by atoms with Crippen molar-refractivity contribution in [3.05, 3.63) is 29.5 Å². The van der Waals surface area contributed by atoms with E-state index in [1.54, 1.807) is 16.9 Å². The molecule has 2 aliphatic heterocycles. The zero-order valence-corrected chi connectivity index (χ0v) is 18.1. The van der Waals surface area contributed by atoms with Crippen LogP contribution in [0.15, 0.2) is 18.2 Å². The number of ether oxygens (including phenoxy) is 2. The monoisotopic (exact) mass is 413 g/mol. The molecule has 0 unspecified atom stereocenters. The van der Waals surface area contributed by atoms with Crippen LogP contribution >= 0.6 is 0 Å². The van der Waals surface area contributed by atoms with Crippen molar-refractivity contribution in [2.75, 3.05) is 40.0 Å². The summed E-state index contributed by atoms with van der Waals surface area (Å²) in [4.78, 5) is 33.5. The minimum atomic E-state index is -1.00. The molecule has 0 bridgehead atoms. The van der Waals surface area contributed by atoms with Gasteiger partial charge in [0.15, 0.2) is 5.54 Å². The Morgan fingerprint density at radius 2 is 2.00 bits per heavy atom. The third-order valence-electron chi connectivity index (χ3n) is 6.42. The van der Waals surface area contributed by atoms with Crippen molar-refractivity contribution in [2.45, 2.75) is 45.1 Å². The number of H-pyrrole nitrogens is 1. The lowest BCUT2D eigenvalue weighted by Crippen LogP contribution is -2.67. The average Bonchev–Trinajstić information content (AvgIpc) is 3.13. The van der Waals surface area contributed by atoms with E-state index < -0.39 is 5.54 Å². The zero-order valence-electron chi connectivity index (χ0n) is 18.1. The fourth-order valence-corrected chi connectivity index (χ4v) is 4.72. The van der Waals surface area contributed by atoms with E-state index in [0.29, 0.717) is 19.7 Å². The van der Waals surface area contributed by atoms with Crippen LogP contribution in [0.25, 0.3) is 10.9 Å². The molecule has 1 aromatic heterocycles. The fraction of sp³-hybridized carbons (Fsp3) is 0.565. The lowest BCUT2D eigenvalue weighted by atomic mass is 9.83. The Bertz CT molecular complexity index is 953. The molecule has 1 N–H and O–H groups in total. The molecule has 7 nitrogen and oxygen atoms in total. The van der Waals surface area contributed by atoms with E-state index in [1.165, 1.54) is 0 Å². The lowest BCUT2D eigenvalue weighted by Gasteiger charge is -2.49. The SMILES string of the molecule is CCCCOCCCN1CC(=O)N2CCc3c([nH]c4ccc(OC)cc34)[C@]2(C)C1=O. The second kappa shape index (κ2) is 8.30. The second-order valence-electron chi connectivity index (χ2n) is 8.30. The molecule has 4 rings (SSSR count). The van der Waals surface area contributed by atoms with E-state index in [-0.39, 0.29) is 18.4 Å². The second-order valence-corrected chi connectivity index (χ2v) is 8.30. The van der Waals surface area contributed by atoms with Crippen molar-refractivity contribution in [1.82, 2.24) is 14.8 Å². The van der Waals surface area contributed by atoms with Gasteiger partial charge in [-0.15, -0.1) is 0 Å². The Hall–Kier alpha value is -2.54. The van der Waals surface area contributed by atoms with Crippen LogP contribution in [-0.2, 0) is 26.3 Å². The van der Waals surface area contributed by atoms with Crippen LogP contribution in [-0.4, -0.2) is 66.6 Å². The number of nitrogens with one attached hydrogen (secondary N) is 1. The third kappa shape index (κ3) is 3.35. The topological polar surface area (TPSA) is 74.9 Å². The molecule has 2 amide bonds. The van der Waals surface area contributed by atoms with Gasteiger partial charge in [-0.2, -0.15) is 0 Å². The lowest BCUT2D eigenvalue weighted by molar-refractivity contribution is -0.166. The number of unbranched alkanes of at least 4 members (excludes halogenated alkanes) is 1. The molecule has 3 heterocycles. The maximum Gasteiger partial charge on any atom is 0.254 e. The highest BCUT2D eigenvalue weighted by Crippen LogP contribution is 2.42. The molecular formula is C23H31N3O4. The van der Waals surface area contributed by atoms with Gasteiger partial charge in [-0.1, -0.05) is 13.3 Å². The first-order valence-electron chi connectivity index (χ1n) is 10.9. The number of fused-ring (bicyclic) bond motifs is 5. The number of carbonyl (C=O) groups is 2. The van der Waals surface area contributed by atoms with Gasteiger partial charge in [0.1, 0.15) is 5.75 Å². The van der Waals surface area contributed by atoms with Gasteiger partial charge in [-0.25, -0.2) is 0 Å². The smallest absolute Gasteiger partial charge is 0.254 e. The van der Waals surface area contributed by atoms with Crippen LogP contribution in [0.2, 0.25) is 0 Å². The highest BCUT2D eigenvalue weighted by Gasteiger charge is 2.53. The normalized spacial score (nSPS) is 21.2.